The molecule has 0 amide bonds. The van der Waals surface area contributed by atoms with Gasteiger partial charge in [-0.3, -0.25) is 4.90 Å². The SMILES string of the molecule is OCc1ccccc1CN(Cc1ccccc1)Cc1cccc(Oc2ncccn2)c1. The first kappa shape index (κ1) is 20.7. The van der Waals surface area contributed by atoms with Crippen molar-refractivity contribution in [2.75, 3.05) is 0 Å². The molecule has 0 saturated carbocycles. The van der Waals surface area contributed by atoms with Crippen LogP contribution in [0.4, 0.5) is 0 Å². The molecule has 0 aliphatic rings. The molecule has 1 heterocycles. The van der Waals surface area contributed by atoms with Crippen LogP contribution in [0.25, 0.3) is 0 Å². The van der Waals surface area contributed by atoms with Crippen LogP contribution in [0.15, 0.2) is 97.3 Å². The topological polar surface area (TPSA) is 58.5 Å². The summed E-state index contributed by atoms with van der Waals surface area (Å²) < 4.78 is 5.80. The lowest BCUT2D eigenvalue weighted by atomic mass is 10.1. The number of aromatic nitrogens is 2. The number of aliphatic hydroxyl groups is 1. The van der Waals surface area contributed by atoms with E-state index in [0.717, 1.165) is 36.3 Å². The van der Waals surface area contributed by atoms with E-state index in [2.05, 4.69) is 51.3 Å². The van der Waals surface area contributed by atoms with E-state index in [4.69, 9.17) is 4.74 Å². The van der Waals surface area contributed by atoms with Crippen LogP contribution < -0.4 is 4.74 Å². The second-order valence-corrected chi connectivity index (χ2v) is 7.34. The van der Waals surface area contributed by atoms with E-state index in [1.54, 1.807) is 18.5 Å². The van der Waals surface area contributed by atoms with Crippen molar-refractivity contribution in [2.24, 2.45) is 0 Å². The number of aliphatic hydroxyl groups excluding tert-OH is 1. The average molecular weight is 412 g/mol. The molecule has 0 atom stereocenters. The largest absolute Gasteiger partial charge is 0.424 e. The van der Waals surface area contributed by atoms with E-state index >= 15 is 0 Å². The summed E-state index contributed by atoms with van der Waals surface area (Å²) in [6, 6.07) is 28.5. The fourth-order valence-corrected chi connectivity index (χ4v) is 3.53. The normalized spacial score (nSPS) is 10.9. The lowest BCUT2D eigenvalue weighted by Gasteiger charge is -2.24. The monoisotopic (exact) mass is 411 g/mol. The molecule has 0 aliphatic carbocycles. The first-order chi connectivity index (χ1) is 15.3. The number of ether oxygens (including phenoxy) is 1. The van der Waals surface area contributed by atoms with E-state index in [0.29, 0.717) is 11.8 Å². The number of benzene rings is 3. The summed E-state index contributed by atoms with van der Waals surface area (Å²) >= 11 is 0. The minimum atomic E-state index is 0.0375. The van der Waals surface area contributed by atoms with Gasteiger partial charge in [-0.1, -0.05) is 66.7 Å². The van der Waals surface area contributed by atoms with Crippen LogP contribution in [0.1, 0.15) is 22.3 Å². The fraction of sp³-hybridized carbons (Fsp3) is 0.154. The number of hydrogen-bond acceptors (Lipinski definition) is 5. The van der Waals surface area contributed by atoms with E-state index in [1.165, 1.54) is 5.56 Å². The van der Waals surface area contributed by atoms with Crippen LogP contribution in [0.5, 0.6) is 11.8 Å². The van der Waals surface area contributed by atoms with Crippen LogP contribution in [0.2, 0.25) is 0 Å². The Morgan fingerprint density at radius 3 is 2.13 bits per heavy atom. The molecule has 4 aromatic rings. The Labute approximate surface area is 182 Å². The van der Waals surface area contributed by atoms with Crippen molar-refractivity contribution < 1.29 is 9.84 Å². The van der Waals surface area contributed by atoms with Gasteiger partial charge >= 0.3 is 6.01 Å². The second-order valence-electron chi connectivity index (χ2n) is 7.34. The molecule has 0 bridgehead atoms. The molecule has 31 heavy (non-hydrogen) atoms. The Hall–Kier alpha value is -3.54. The van der Waals surface area contributed by atoms with E-state index in [9.17, 15) is 5.11 Å². The molecule has 0 fully saturated rings. The Morgan fingerprint density at radius 2 is 1.35 bits per heavy atom. The summed E-state index contributed by atoms with van der Waals surface area (Å²) in [6.45, 7) is 2.31. The van der Waals surface area contributed by atoms with Gasteiger partial charge in [0.2, 0.25) is 0 Å². The molecule has 1 N–H and O–H groups in total. The highest BCUT2D eigenvalue weighted by atomic mass is 16.5. The maximum Gasteiger partial charge on any atom is 0.321 e. The summed E-state index contributed by atoms with van der Waals surface area (Å²) in [6.07, 6.45) is 3.32. The molecule has 0 spiro atoms. The maximum absolute atomic E-state index is 9.74. The minimum absolute atomic E-state index is 0.0375. The zero-order chi connectivity index (χ0) is 21.3. The Morgan fingerprint density at radius 1 is 0.677 bits per heavy atom. The lowest BCUT2D eigenvalue weighted by Crippen LogP contribution is -2.23. The molecule has 5 nitrogen and oxygen atoms in total. The third-order valence-corrected chi connectivity index (χ3v) is 4.99. The van der Waals surface area contributed by atoms with Crippen molar-refractivity contribution in [1.29, 1.82) is 0 Å². The van der Waals surface area contributed by atoms with Crippen LogP contribution in [-0.4, -0.2) is 20.0 Å². The highest BCUT2D eigenvalue weighted by molar-refractivity contribution is 5.31. The molecule has 3 aromatic carbocycles. The quantitative estimate of drug-likeness (QED) is 0.422. The molecule has 5 heteroatoms. The molecule has 0 aliphatic heterocycles. The van der Waals surface area contributed by atoms with Crippen molar-refractivity contribution in [2.45, 2.75) is 26.2 Å². The smallest absolute Gasteiger partial charge is 0.321 e. The van der Waals surface area contributed by atoms with Crippen LogP contribution in [0.3, 0.4) is 0 Å². The average Bonchev–Trinajstić information content (AvgIpc) is 2.81. The van der Waals surface area contributed by atoms with E-state index in [1.807, 2.05) is 42.5 Å². The van der Waals surface area contributed by atoms with Gasteiger partial charge in [-0.25, -0.2) is 9.97 Å². The molecule has 0 unspecified atom stereocenters. The van der Waals surface area contributed by atoms with Crippen molar-refractivity contribution in [3.8, 4) is 11.8 Å². The van der Waals surface area contributed by atoms with Gasteiger partial charge in [-0.05, 0) is 40.5 Å². The van der Waals surface area contributed by atoms with E-state index < -0.39 is 0 Å². The van der Waals surface area contributed by atoms with Gasteiger partial charge in [0.05, 0.1) is 6.61 Å². The zero-order valence-electron chi connectivity index (χ0n) is 17.3. The van der Waals surface area contributed by atoms with Gasteiger partial charge in [-0.2, -0.15) is 0 Å². The summed E-state index contributed by atoms with van der Waals surface area (Å²) in [5.41, 5.74) is 4.46. The van der Waals surface area contributed by atoms with Crippen molar-refractivity contribution in [3.63, 3.8) is 0 Å². The van der Waals surface area contributed by atoms with Crippen LogP contribution >= 0.6 is 0 Å². The molecular weight excluding hydrogens is 386 g/mol. The molecule has 0 radical (unpaired) electrons. The van der Waals surface area contributed by atoms with Gasteiger partial charge in [0, 0.05) is 32.0 Å². The molecule has 1 aromatic heterocycles. The highest BCUT2D eigenvalue weighted by Crippen LogP contribution is 2.22. The maximum atomic E-state index is 9.74. The number of nitrogens with zero attached hydrogens (tertiary/aromatic N) is 3. The predicted molar refractivity (Wildman–Crippen MR) is 120 cm³/mol. The second kappa shape index (κ2) is 10.5. The van der Waals surface area contributed by atoms with Gasteiger partial charge in [-0.15, -0.1) is 0 Å². The molecule has 0 saturated heterocycles. The lowest BCUT2D eigenvalue weighted by molar-refractivity contribution is 0.240. The van der Waals surface area contributed by atoms with Crippen molar-refractivity contribution >= 4 is 0 Å². The molecule has 4 rings (SSSR count). The van der Waals surface area contributed by atoms with Gasteiger partial charge in [0.15, 0.2) is 0 Å². The standard InChI is InChI=1S/C26H25N3O2/c30-20-24-12-5-4-11-23(24)19-29(17-21-8-2-1-3-9-21)18-22-10-6-13-25(16-22)31-26-27-14-7-15-28-26/h1-16,30H,17-20H2. The van der Waals surface area contributed by atoms with E-state index in [-0.39, 0.29) is 6.61 Å². The van der Waals surface area contributed by atoms with Gasteiger partial charge < -0.3 is 9.84 Å². The predicted octanol–water partition coefficient (Wildman–Crippen LogP) is 4.96. The first-order valence-corrected chi connectivity index (χ1v) is 10.3. The Bertz CT molecular complexity index is 1090. The number of hydrogen-bond donors (Lipinski definition) is 1. The third-order valence-electron chi connectivity index (χ3n) is 4.99. The minimum Gasteiger partial charge on any atom is -0.424 e. The number of rotatable bonds is 9. The Balaban J connectivity index is 1.54. The summed E-state index contributed by atoms with van der Waals surface area (Å²) in [5, 5.41) is 9.74. The van der Waals surface area contributed by atoms with Crippen molar-refractivity contribution in [3.05, 3.63) is 120 Å². The zero-order valence-corrected chi connectivity index (χ0v) is 17.3. The van der Waals surface area contributed by atoms with Gasteiger partial charge in [0.25, 0.3) is 0 Å². The third kappa shape index (κ3) is 5.98. The summed E-state index contributed by atoms with van der Waals surface area (Å²) in [7, 11) is 0. The first-order valence-electron chi connectivity index (χ1n) is 10.3. The summed E-state index contributed by atoms with van der Waals surface area (Å²) in [5.74, 6) is 0.708. The van der Waals surface area contributed by atoms with Crippen LogP contribution in [0, 0.1) is 0 Å². The van der Waals surface area contributed by atoms with Crippen LogP contribution in [-0.2, 0) is 26.2 Å². The highest BCUT2D eigenvalue weighted by Gasteiger charge is 2.12. The summed E-state index contributed by atoms with van der Waals surface area (Å²) in [4.78, 5) is 10.6. The molecule has 156 valence electrons. The Kier molecular flexibility index (Phi) is 7.00. The molecular formula is C26H25N3O2. The van der Waals surface area contributed by atoms with Crippen molar-refractivity contribution in [1.82, 2.24) is 14.9 Å². The van der Waals surface area contributed by atoms with Gasteiger partial charge in [0.1, 0.15) is 5.75 Å². The fourth-order valence-electron chi connectivity index (χ4n) is 3.53.